The standard InChI is InChI=1S/C18H32N2/c1-8-14(2)13-20(7)17-10-9-16(15(3)11-17)12-19-18(4,5)6/h9-11,14,19H,8,12-13H2,1-7H3. The van der Waals surface area contributed by atoms with Crippen LogP contribution in [0.4, 0.5) is 5.69 Å². The van der Waals surface area contributed by atoms with Crippen LogP contribution < -0.4 is 10.2 Å². The van der Waals surface area contributed by atoms with Crippen molar-refractivity contribution in [2.75, 3.05) is 18.5 Å². The zero-order chi connectivity index (χ0) is 15.3. The normalized spacial score (nSPS) is 13.3. The fourth-order valence-corrected chi connectivity index (χ4v) is 2.18. The van der Waals surface area contributed by atoms with Gasteiger partial charge in [-0.05, 0) is 56.9 Å². The minimum Gasteiger partial charge on any atom is -0.374 e. The summed E-state index contributed by atoms with van der Waals surface area (Å²) in [6, 6.07) is 6.81. The molecule has 0 spiro atoms. The van der Waals surface area contributed by atoms with Crippen LogP contribution in [0.25, 0.3) is 0 Å². The summed E-state index contributed by atoms with van der Waals surface area (Å²) in [4.78, 5) is 2.36. The molecule has 0 saturated carbocycles. The highest BCUT2D eigenvalue weighted by Gasteiger charge is 2.11. The Labute approximate surface area is 125 Å². The quantitative estimate of drug-likeness (QED) is 0.830. The smallest absolute Gasteiger partial charge is 0.0366 e. The van der Waals surface area contributed by atoms with Crippen molar-refractivity contribution in [3.05, 3.63) is 29.3 Å². The number of nitrogens with zero attached hydrogens (tertiary/aromatic N) is 1. The van der Waals surface area contributed by atoms with Gasteiger partial charge >= 0.3 is 0 Å². The Morgan fingerprint density at radius 1 is 1.25 bits per heavy atom. The molecule has 0 amide bonds. The van der Waals surface area contributed by atoms with Crippen LogP contribution >= 0.6 is 0 Å². The first-order valence-electron chi connectivity index (χ1n) is 7.78. The summed E-state index contributed by atoms with van der Waals surface area (Å²) in [5.74, 6) is 0.738. The zero-order valence-corrected chi connectivity index (χ0v) is 14.4. The lowest BCUT2D eigenvalue weighted by atomic mass is 10.0. The van der Waals surface area contributed by atoms with Crippen LogP contribution in [0.3, 0.4) is 0 Å². The van der Waals surface area contributed by atoms with Gasteiger partial charge in [0, 0.05) is 31.4 Å². The number of aryl methyl sites for hydroxylation is 1. The second-order valence-electron chi connectivity index (χ2n) is 7.11. The summed E-state index contributed by atoms with van der Waals surface area (Å²) in [6.45, 7) is 15.4. The van der Waals surface area contributed by atoms with Gasteiger partial charge in [-0.25, -0.2) is 0 Å². The molecule has 0 bridgehead atoms. The maximum absolute atomic E-state index is 3.56. The van der Waals surface area contributed by atoms with E-state index in [1.54, 1.807) is 0 Å². The van der Waals surface area contributed by atoms with Crippen LogP contribution in [0.1, 0.15) is 52.2 Å². The molecule has 2 nitrogen and oxygen atoms in total. The molecule has 1 N–H and O–H groups in total. The molecule has 1 unspecified atom stereocenters. The van der Waals surface area contributed by atoms with E-state index in [0.717, 1.165) is 19.0 Å². The predicted molar refractivity (Wildman–Crippen MR) is 90.5 cm³/mol. The van der Waals surface area contributed by atoms with Crippen molar-refractivity contribution in [1.82, 2.24) is 5.32 Å². The fourth-order valence-electron chi connectivity index (χ4n) is 2.18. The average molecular weight is 276 g/mol. The third-order valence-electron chi connectivity index (χ3n) is 3.86. The third kappa shape index (κ3) is 5.54. The number of hydrogen-bond donors (Lipinski definition) is 1. The molecule has 1 rings (SSSR count). The van der Waals surface area contributed by atoms with Crippen LogP contribution in [-0.2, 0) is 6.54 Å². The first-order chi connectivity index (χ1) is 9.23. The Bertz CT molecular complexity index is 418. The van der Waals surface area contributed by atoms with Crippen LogP contribution in [0.5, 0.6) is 0 Å². The summed E-state index contributed by atoms with van der Waals surface area (Å²) in [7, 11) is 2.19. The van der Waals surface area contributed by atoms with Gasteiger partial charge in [-0.3, -0.25) is 0 Å². The highest BCUT2D eigenvalue weighted by Crippen LogP contribution is 2.20. The number of hydrogen-bond acceptors (Lipinski definition) is 2. The van der Waals surface area contributed by atoms with E-state index in [9.17, 15) is 0 Å². The Morgan fingerprint density at radius 2 is 1.90 bits per heavy atom. The van der Waals surface area contributed by atoms with E-state index in [1.807, 2.05) is 0 Å². The Morgan fingerprint density at radius 3 is 2.40 bits per heavy atom. The molecule has 0 aliphatic heterocycles. The van der Waals surface area contributed by atoms with Gasteiger partial charge in [0.25, 0.3) is 0 Å². The average Bonchev–Trinajstić information content (AvgIpc) is 2.35. The van der Waals surface area contributed by atoms with Crippen molar-refractivity contribution >= 4 is 5.69 Å². The minimum absolute atomic E-state index is 0.165. The van der Waals surface area contributed by atoms with Crippen LogP contribution in [0.2, 0.25) is 0 Å². The van der Waals surface area contributed by atoms with Gasteiger partial charge in [0.1, 0.15) is 0 Å². The van der Waals surface area contributed by atoms with E-state index in [-0.39, 0.29) is 5.54 Å². The predicted octanol–water partition coefficient (Wildman–Crippen LogP) is 4.37. The highest BCUT2D eigenvalue weighted by atomic mass is 15.1. The lowest BCUT2D eigenvalue weighted by molar-refractivity contribution is 0.424. The van der Waals surface area contributed by atoms with Crippen LogP contribution in [0.15, 0.2) is 18.2 Å². The lowest BCUT2D eigenvalue weighted by Gasteiger charge is -2.25. The number of anilines is 1. The van der Waals surface area contributed by atoms with Crippen LogP contribution in [-0.4, -0.2) is 19.1 Å². The minimum atomic E-state index is 0.165. The Hall–Kier alpha value is -1.02. The third-order valence-corrected chi connectivity index (χ3v) is 3.86. The van der Waals surface area contributed by atoms with Crippen molar-refractivity contribution in [2.45, 2.75) is 60.0 Å². The Balaban J connectivity index is 2.72. The first kappa shape index (κ1) is 17.0. The second-order valence-corrected chi connectivity index (χ2v) is 7.11. The number of rotatable bonds is 6. The van der Waals surface area contributed by atoms with Crippen molar-refractivity contribution < 1.29 is 0 Å². The van der Waals surface area contributed by atoms with Gasteiger partial charge in [0.05, 0.1) is 0 Å². The van der Waals surface area contributed by atoms with Gasteiger partial charge in [0.15, 0.2) is 0 Å². The van der Waals surface area contributed by atoms with Crippen molar-refractivity contribution in [1.29, 1.82) is 0 Å². The summed E-state index contributed by atoms with van der Waals surface area (Å²) < 4.78 is 0. The molecular formula is C18H32N2. The number of benzene rings is 1. The van der Waals surface area contributed by atoms with E-state index >= 15 is 0 Å². The molecule has 1 atom stereocenters. The topological polar surface area (TPSA) is 15.3 Å². The van der Waals surface area contributed by atoms with Crippen molar-refractivity contribution in [3.63, 3.8) is 0 Å². The van der Waals surface area contributed by atoms with E-state index in [4.69, 9.17) is 0 Å². The molecule has 0 saturated heterocycles. The molecule has 20 heavy (non-hydrogen) atoms. The van der Waals surface area contributed by atoms with Gasteiger partial charge < -0.3 is 10.2 Å². The van der Waals surface area contributed by atoms with Gasteiger partial charge in [-0.15, -0.1) is 0 Å². The summed E-state index contributed by atoms with van der Waals surface area (Å²) in [6.07, 6.45) is 1.23. The molecule has 0 aliphatic rings. The van der Waals surface area contributed by atoms with Crippen molar-refractivity contribution in [2.24, 2.45) is 5.92 Å². The SMILES string of the molecule is CCC(C)CN(C)c1ccc(CNC(C)(C)C)c(C)c1. The maximum Gasteiger partial charge on any atom is 0.0366 e. The van der Waals surface area contributed by atoms with Gasteiger partial charge in [0.2, 0.25) is 0 Å². The molecule has 0 heterocycles. The zero-order valence-electron chi connectivity index (χ0n) is 14.4. The van der Waals surface area contributed by atoms with Crippen LogP contribution in [0, 0.1) is 12.8 Å². The van der Waals surface area contributed by atoms with Gasteiger partial charge in [-0.1, -0.05) is 26.3 Å². The van der Waals surface area contributed by atoms with Crippen molar-refractivity contribution in [3.8, 4) is 0 Å². The molecule has 2 heteroatoms. The van der Waals surface area contributed by atoms with E-state index in [1.165, 1.54) is 23.2 Å². The molecule has 114 valence electrons. The molecule has 1 aromatic carbocycles. The monoisotopic (exact) mass is 276 g/mol. The number of nitrogens with one attached hydrogen (secondary N) is 1. The maximum atomic E-state index is 3.56. The summed E-state index contributed by atoms with van der Waals surface area (Å²) in [5.41, 5.74) is 4.25. The molecule has 1 aromatic rings. The molecular weight excluding hydrogens is 244 g/mol. The fraction of sp³-hybridized carbons (Fsp3) is 0.667. The van der Waals surface area contributed by atoms with E-state index in [0.29, 0.717) is 0 Å². The first-order valence-corrected chi connectivity index (χ1v) is 7.78. The second kappa shape index (κ2) is 7.12. The van der Waals surface area contributed by atoms with Gasteiger partial charge in [-0.2, -0.15) is 0 Å². The molecule has 0 aliphatic carbocycles. The highest BCUT2D eigenvalue weighted by molar-refractivity contribution is 5.50. The van der Waals surface area contributed by atoms with E-state index in [2.05, 4.69) is 77.0 Å². The molecule has 0 radical (unpaired) electrons. The Kier molecular flexibility index (Phi) is 6.07. The largest absolute Gasteiger partial charge is 0.374 e. The van der Waals surface area contributed by atoms with E-state index < -0.39 is 0 Å². The lowest BCUT2D eigenvalue weighted by Crippen LogP contribution is -2.35. The summed E-state index contributed by atoms with van der Waals surface area (Å²) in [5, 5.41) is 3.56. The summed E-state index contributed by atoms with van der Waals surface area (Å²) >= 11 is 0. The molecule has 0 aromatic heterocycles. The molecule has 0 fully saturated rings.